The molecule has 0 saturated carbocycles. The second-order valence-corrected chi connectivity index (χ2v) is 7.24. The topological polar surface area (TPSA) is 78.6 Å². The molecule has 7 nitrogen and oxygen atoms in total. The first-order chi connectivity index (χ1) is 13.5. The average Bonchev–Trinajstić information content (AvgIpc) is 3.26. The van der Waals surface area contributed by atoms with E-state index >= 15 is 0 Å². The predicted molar refractivity (Wildman–Crippen MR) is 108 cm³/mol. The van der Waals surface area contributed by atoms with Crippen molar-refractivity contribution in [2.45, 2.75) is 46.1 Å². The van der Waals surface area contributed by atoms with Crippen LogP contribution >= 0.6 is 0 Å². The number of anilines is 1. The summed E-state index contributed by atoms with van der Waals surface area (Å²) < 4.78 is 19.3. The van der Waals surface area contributed by atoms with Gasteiger partial charge >= 0.3 is 0 Å². The molecule has 0 aliphatic carbocycles. The lowest BCUT2D eigenvalue weighted by Crippen LogP contribution is -2.44. The van der Waals surface area contributed by atoms with Gasteiger partial charge in [-0.1, -0.05) is 12.1 Å². The van der Waals surface area contributed by atoms with E-state index in [1.54, 1.807) is 12.3 Å². The minimum Gasteiger partial charge on any atom is -0.361 e. The number of hydrogen-bond acceptors (Lipinski definition) is 5. The first-order valence-electron chi connectivity index (χ1n) is 9.82. The van der Waals surface area contributed by atoms with Gasteiger partial charge < -0.3 is 20.1 Å². The summed E-state index contributed by atoms with van der Waals surface area (Å²) in [6, 6.07) is 3.25. The van der Waals surface area contributed by atoms with Crippen LogP contribution in [0.2, 0.25) is 0 Å². The van der Waals surface area contributed by atoms with Gasteiger partial charge in [0, 0.05) is 49.9 Å². The molecule has 1 saturated heterocycles. The molecule has 0 amide bonds. The fourth-order valence-corrected chi connectivity index (χ4v) is 3.71. The fourth-order valence-electron chi connectivity index (χ4n) is 3.71. The zero-order valence-electron chi connectivity index (χ0n) is 17.0. The van der Waals surface area contributed by atoms with Crippen LogP contribution in [0.1, 0.15) is 43.2 Å². The van der Waals surface area contributed by atoms with Crippen LogP contribution in [0, 0.1) is 19.7 Å². The van der Waals surface area contributed by atoms with Gasteiger partial charge in [0.05, 0.1) is 5.69 Å². The SMILES string of the molecule is CCNC(=NCC(C)c1c(C)noc1C)NC1CCN(c2ncccc2F)C1. The van der Waals surface area contributed by atoms with E-state index in [1.807, 2.05) is 25.7 Å². The van der Waals surface area contributed by atoms with E-state index < -0.39 is 0 Å². The highest BCUT2D eigenvalue weighted by atomic mass is 19.1. The Morgan fingerprint density at radius 2 is 2.29 bits per heavy atom. The van der Waals surface area contributed by atoms with E-state index in [2.05, 4.69) is 27.7 Å². The fraction of sp³-hybridized carbons (Fsp3) is 0.550. The number of nitrogens with zero attached hydrogens (tertiary/aromatic N) is 4. The number of guanidine groups is 1. The van der Waals surface area contributed by atoms with E-state index in [0.29, 0.717) is 18.9 Å². The molecule has 0 bridgehead atoms. The van der Waals surface area contributed by atoms with Crippen LogP contribution < -0.4 is 15.5 Å². The van der Waals surface area contributed by atoms with Gasteiger partial charge in [-0.25, -0.2) is 9.37 Å². The molecule has 2 aromatic heterocycles. The number of hydrogen-bond donors (Lipinski definition) is 2. The molecule has 1 fully saturated rings. The van der Waals surface area contributed by atoms with Crippen molar-refractivity contribution in [1.29, 1.82) is 0 Å². The Bertz CT molecular complexity index is 801. The lowest BCUT2D eigenvalue weighted by molar-refractivity contribution is 0.391. The zero-order chi connectivity index (χ0) is 20.1. The van der Waals surface area contributed by atoms with Crippen LogP contribution in [-0.2, 0) is 0 Å². The third-order valence-corrected chi connectivity index (χ3v) is 5.02. The third-order valence-electron chi connectivity index (χ3n) is 5.02. The molecule has 2 aromatic rings. The molecule has 1 aliphatic rings. The standard InChI is InChI=1S/C20H29FN6O/c1-5-22-20(24-11-13(2)18-14(3)26-28-15(18)4)25-16-8-10-27(12-16)19-17(21)7-6-9-23-19/h6-7,9,13,16H,5,8,10-12H2,1-4H3,(H2,22,24,25). The molecule has 8 heteroatoms. The van der Waals surface area contributed by atoms with E-state index in [1.165, 1.54) is 6.07 Å². The minimum absolute atomic E-state index is 0.188. The lowest BCUT2D eigenvalue weighted by Gasteiger charge is -2.20. The summed E-state index contributed by atoms with van der Waals surface area (Å²) in [4.78, 5) is 10.9. The Morgan fingerprint density at radius 3 is 2.96 bits per heavy atom. The summed E-state index contributed by atoms with van der Waals surface area (Å²) in [7, 11) is 0. The molecule has 3 rings (SSSR count). The molecule has 3 heterocycles. The highest BCUT2D eigenvalue weighted by molar-refractivity contribution is 5.80. The van der Waals surface area contributed by atoms with Crippen LogP contribution in [0.5, 0.6) is 0 Å². The molecule has 2 atom stereocenters. The Labute approximate surface area is 165 Å². The van der Waals surface area contributed by atoms with Crippen molar-refractivity contribution in [2.24, 2.45) is 4.99 Å². The summed E-state index contributed by atoms with van der Waals surface area (Å²) in [6.45, 7) is 10.9. The van der Waals surface area contributed by atoms with Gasteiger partial charge in [0.25, 0.3) is 0 Å². The molecule has 1 aliphatic heterocycles. The van der Waals surface area contributed by atoms with Crippen LogP contribution in [-0.4, -0.2) is 48.3 Å². The van der Waals surface area contributed by atoms with Crippen molar-refractivity contribution in [3.63, 3.8) is 0 Å². The number of aliphatic imine (C=N–C) groups is 1. The molecule has 0 radical (unpaired) electrons. The molecule has 152 valence electrons. The number of nitrogens with one attached hydrogen (secondary N) is 2. The summed E-state index contributed by atoms with van der Waals surface area (Å²) in [6.07, 6.45) is 2.53. The highest BCUT2D eigenvalue weighted by Crippen LogP contribution is 2.23. The second kappa shape index (κ2) is 9.03. The maximum Gasteiger partial charge on any atom is 0.191 e. The molecule has 28 heavy (non-hydrogen) atoms. The lowest BCUT2D eigenvalue weighted by atomic mass is 10.00. The minimum atomic E-state index is -0.281. The Morgan fingerprint density at radius 1 is 1.46 bits per heavy atom. The second-order valence-electron chi connectivity index (χ2n) is 7.24. The summed E-state index contributed by atoms with van der Waals surface area (Å²) in [5.74, 6) is 1.97. The maximum atomic E-state index is 14.0. The van der Waals surface area contributed by atoms with Crippen molar-refractivity contribution in [1.82, 2.24) is 20.8 Å². The van der Waals surface area contributed by atoms with Gasteiger partial charge in [0.2, 0.25) is 0 Å². The van der Waals surface area contributed by atoms with Crippen molar-refractivity contribution >= 4 is 11.8 Å². The zero-order valence-corrected chi connectivity index (χ0v) is 17.0. The van der Waals surface area contributed by atoms with Gasteiger partial charge in [0.15, 0.2) is 17.6 Å². The number of halogens is 1. The van der Waals surface area contributed by atoms with Crippen molar-refractivity contribution in [3.05, 3.63) is 41.2 Å². The van der Waals surface area contributed by atoms with Crippen LogP contribution in [0.4, 0.5) is 10.2 Å². The molecule has 2 unspecified atom stereocenters. The van der Waals surface area contributed by atoms with Gasteiger partial charge in [-0.2, -0.15) is 0 Å². The van der Waals surface area contributed by atoms with Crippen LogP contribution in [0.3, 0.4) is 0 Å². The third kappa shape index (κ3) is 4.61. The Balaban J connectivity index is 1.62. The van der Waals surface area contributed by atoms with Crippen molar-refractivity contribution in [3.8, 4) is 0 Å². The van der Waals surface area contributed by atoms with Crippen LogP contribution in [0.25, 0.3) is 0 Å². The quantitative estimate of drug-likeness (QED) is 0.585. The van der Waals surface area contributed by atoms with E-state index in [-0.39, 0.29) is 17.8 Å². The number of rotatable bonds is 6. The van der Waals surface area contributed by atoms with Gasteiger partial charge in [-0.15, -0.1) is 0 Å². The summed E-state index contributed by atoms with van der Waals surface area (Å²) in [5, 5.41) is 10.8. The molecule has 2 N–H and O–H groups in total. The first kappa shape index (κ1) is 20.1. The van der Waals surface area contributed by atoms with Crippen LogP contribution in [0.15, 0.2) is 27.8 Å². The first-order valence-corrected chi connectivity index (χ1v) is 9.82. The maximum absolute atomic E-state index is 14.0. The number of pyridine rings is 1. The van der Waals surface area contributed by atoms with Gasteiger partial charge in [-0.05, 0) is 39.3 Å². The van der Waals surface area contributed by atoms with E-state index in [4.69, 9.17) is 9.52 Å². The smallest absolute Gasteiger partial charge is 0.191 e. The molecule has 0 spiro atoms. The monoisotopic (exact) mass is 388 g/mol. The highest BCUT2D eigenvalue weighted by Gasteiger charge is 2.26. The van der Waals surface area contributed by atoms with Gasteiger partial charge in [0.1, 0.15) is 5.76 Å². The Hall–Kier alpha value is -2.64. The number of aryl methyl sites for hydroxylation is 2. The van der Waals surface area contributed by atoms with Gasteiger partial charge in [-0.3, -0.25) is 4.99 Å². The number of aromatic nitrogens is 2. The van der Waals surface area contributed by atoms with Crippen molar-refractivity contribution in [2.75, 3.05) is 31.1 Å². The summed E-state index contributed by atoms with van der Waals surface area (Å²) >= 11 is 0. The Kier molecular flexibility index (Phi) is 6.49. The molecule has 0 aromatic carbocycles. The van der Waals surface area contributed by atoms with E-state index in [0.717, 1.165) is 42.5 Å². The average molecular weight is 388 g/mol. The molecular formula is C20H29FN6O. The summed E-state index contributed by atoms with van der Waals surface area (Å²) in [5.41, 5.74) is 2.04. The predicted octanol–water partition coefficient (Wildman–Crippen LogP) is 2.76. The molecular weight excluding hydrogens is 359 g/mol. The van der Waals surface area contributed by atoms with Crippen molar-refractivity contribution < 1.29 is 8.91 Å². The largest absolute Gasteiger partial charge is 0.361 e. The normalized spacial score (nSPS) is 18.4. The van der Waals surface area contributed by atoms with E-state index in [9.17, 15) is 4.39 Å².